The fourth-order valence-corrected chi connectivity index (χ4v) is 3.11. The lowest BCUT2D eigenvalue weighted by atomic mass is 9.90. The first-order valence-electron chi connectivity index (χ1n) is 7.43. The van der Waals surface area contributed by atoms with Gasteiger partial charge in [-0.05, 0) is 48.5 Å². The van der Waals surface area contributed by atoms with Gasteiger partial charge in [-0.15, -0.1) is 0 Å². The Bertz CT molecular complexity index is 676. The minimum atomic E-state index is 0.939. The van der Waals surface area contributed by atoms with Crippen LogP contribution in [0.5, 0.6) is 0 Å². The standard InChI is InChI=1S/C20H19Cl/c1-15-10-12-17(13-11-15)19-9-5-8-18(20(19)21)14-16-6-3-2-4-7-16/h2-4,6-7,9-13H,5,8,14H2,1H3. The molecule has 0 spiro atoms. The monoisotopic (exact) mass is 294 g/mol. The minimum absolute atomic E-state index is 0.939. The first-order valence-corrected chi connectivity index (χ1v) is 7.81. The molecule has 2 aromatic carbocycles. The Balaban J connectivity index is 1.89. The van der Waals surface area contributed by atoms with Gasteiger partial charge in [0.15, 0.2) is 0 Å². The number of allylic oxidation sites excluding steroid dienone is 4. The maximum atomic E-state index is 6.68. The topological polar surface area (TPSA) is 0 Å². The molecule has 0 aromatic heterocycles. The number of halogens is 1. The quantitative estimate of drug-likeness (QED) is 0.660. The van der Waals surface area contributed by atoms with Crippen molar-refractivity contribution in [3.63, 3.8) is 0 Å². The molecule has 106 valence electrons. The van der Waals surface area contributed by atoms with Crippen LogP contribution in [0.4, 0.5) is 0 Å². The molecule has 0 nitrogen and oxygen atoms in total. The Kier molecular flexibility index (Phi) is 4.26. The van der Waals surface area contributed by atoms with Crippen molar-refractivity contribution < 1.29 is 0 Å². The van der Waals surface area contributed by atoms with Gasteiger partial charge in [0.25, 0.3) is 0 Å². The van der Waals surface area contributed by atoms with E-state index in [1.54, 1.807) is 0 Å². The lowest BCUT2D eigenvalue weighted by Crippen LogP contribution is -2.00. The van der Waals surface area contributed by atoms with Gasteiger partial charge in [-0.2, -0.15) is 0 Å². The molecule has 0 heterocycles. The summed E-state index contributed by atoms with van der Waals surface area (Å²) in [6.45, 7) is 2.11. The van der Waals surface area contributed by atoms with Crippen molar-refractivity contribution in [3.05, 3.63) is 88.0 Å². The Morgan fingerprint density at radius 1 is 0.952 bits per heavy atom. The van der Waals surface area contributed by atoms with Gasteiger partial charge >= 0.3 is 0 Å². The first-order chi connectivity index (χ1) is 10.2. The van der Waals surface area contributed by atoms with Crippen molar-refractivity contribution in [2.24, 2.45) is 0 Å². The fourth-order valence-electron chi connectivity index (χ4n) is 2.77. The molecule has 0 amide bonds. The van der Waals surface area contributed by atoms with E-state index < -0.39 is 0 Å². The zero-order chi connectivity index (χ0) is 14.7. The van der Waals surface area contributed by atoms with Crippen molar-refractivity contribution >= 4 is 17.2 Å². The summed E-state index contributed by atoms with van der Waals surface area (Å²) in [5.41, 5.74) is 6.36. The van der Waals surface area contributed by atoms with E-state index in [0.29, 0.717) is 0 Å². The van der Waals surface area contributed by atoms with E-state index in [1.807, 2.05) is 0 Å². The van der Waals surface area contributed by atoms with Crippen LogP contribution < -0.4 is 0 Å². The zero-order valence-corrected chi connectivity index (χ0v) is 13.0. The lowest BCUT2D eigenvalue weighted by Gasteiger charge is -2.18. The SMILES string of the molecule is Cc1ccc(C2=CCCC(Cc3ccccc3)=C2Cl)cc1. The number of rotatable bonds is 3. The summed E-state index contributed by atoms with van der Waals surface area (Å²) in [4.78, 5) is 0. The maximum absolute atomic E-state index is 6.68. The third-order valence-corrected chi connectivity index (χ3v) is 4.44. The normalized spacial score (nSPS) is 15.0. The summed E-state index contributed by atoms with van der Waals surface area (Å²) < 4.78 is 0. The van der Waals surface area contributed by atoms with Crippen LogP contribution in [0.15, 0.2) is 71.3 Å². The van der Waals surface area contributed by atoms with Gasteiger partial charge in [0.05, 0.1) is 0 Å². The molecule has 0 bridgehead atoms. The highest BCUT2D eigenvalue weighted by molar-refractivity contribution is 6.37. The van der Waals surface area contributed by atoms with Crippen molar-refractivity contribution in [1.82, 2.24) is 0 Å². The minimum Gasteiger partial charge on any atom is -0.0837 e. The van der Waals surface area contributed by atoms with Gasteiger partial charge in [-0.25, -0.2) is 0 Å². The van der Waals surface area contributed by atoms with Crippen molar-refractivity contribution in [2.75, 3.05) is 0 Å². The molecule has 0 fully saturated rings. The number of hydrogen-bond acceptors (Lipinski definition) is 0. The fraction of sp³-hybridized carbons (Fsp3) is 0.200. The van der Waals surface area contributed by atoms with Crippen LogP contribution in [0.2, 0.25) is 0 Å². The molecule has 2 aromatic rings. The maximum Gasteiger partial charge on any atom is 0.0476 e. The summed E-state index contributed by atoms with van der Waals surface area (Å²) in [6, 6.07) is 19.2. The average molecular weight is 295 g/mol. The molecule has 0 unspecified atom stereocenters. The molecule has 1 aliphatic rings. The van der Waals surface area contributed by atoms with E-state index in [4.69, 9.17) is 11.6 Å². The number of aryl methyl sites for hydroxylation is 1. The molecule has 0 N–H and O–H groups in total. The summed E-state index contributed by atoms with van der Waals surface area (Å²) in [7, 11) is 0. The van der Waals surface area contributed by atoms with Gasteiger partial charge in [0, 0.05) is 5.03 Å². The van der Waals surface area contributed by atoms with Gasteiger partial charge in [-0.1, -0.05) is 77.8 Å². The summed E-state index contributed by atoms with van der Waals surface area (Å²) in [6.07, 6.45) is 5.34. The highest BCUT2D eigenvalue weighted by Gasteiger charge is 2.16. The smallest absolute Gasteiger partial charge is 0.0476 e. The van der Waals surface area contributed by atoms with Crippen LogP contribution in [-0.4, -0.2) is 0 Å². The second-order valence-corrected chi connectivity index (χ2v) is 5.98. The molecule has 3 rings (SSSR count). The molecule has 0 aliphatic heterocycles. The summed E-state index contributed by atoms with van der Waals surface area (Å²) in [5, 5.41) is 0.939. The van der Waals surface area contributed by atoms with Crippen LogP contribution >= 0.6 is 11.6 Å². The summed E-state index contributed by atoms with van der Waals surface area (Å²) in [5.74, 6) is 0. The van der Waals surface area contributed by atoms with Crippen molar-refractivity contribution in [1.29, 1.82) is 0 Å². The van der Waals surface area contributed by atoms with E-state index in [0.717, 1.165) is 24.3 Å². The lowest BCUT2D eigenvalue weighted by molar-refractivity contribution is 0.910. The second-order valence-electron chi connectivity index (χ2n) is 5.60. The third-order valence-electron chi connectivity index (χ3n) is 3.96. The predicted molar refractivity (Wildman–Crippen MR) is 91.4 cm³/mol. The molecular weight excluding hydrogens is 276 g/mol. The van der Waals surface area contributed by atoms with Gasteiger partial charge < -0.3 is 0 Å². The van der Waals surface area contributed by atoms with Crippen LogP contribution in [-0.2, 0) is 6.42 Å². The largest absolute Gasteiger partial charge is 0.0837 e. The Hall–Kier alpha value is -1.79. The second kappa shape index (κ2) is 6.32. The molecule has 0 atom stereocenters. The van der Waals surface area contributed by atoms with E-state index in [2.05, 4.69) is 67.6 Å². The molecule has 0 saturated carbocycles. The van der Waals surface area contributed by atoms with Crippen molar-refractivity contribution in [2.45, 2.75) is 26.2 Å². The summed E-state index contributed by atoms with van der Waals surface area (Å²) >= 11 is 6.68. The van der Waals surface area contributed by atoms with Gasteiger partial charge in [-0.3, -0.25) is 0 Å². The molecule has 21 heavy (non-hydrogen) atoms. The van der Waals surface area contributed by atoms with E-state index >= 15 is 0 Å². The molecule has 0 saturated heterocycles. The van der Waals surface area contributed by atoms with E-state index in [-0.39, 0.29) is 0 Å². The molecule has 0 radical (unpaired) electrons. The van der Waals surface area contributed by atoms with Crippen LogP contribution in [0.25, 0.3) is 5.57 Å². The van der Waals surface area contributed by atoms with Crippen LogP contribution in [0.3, 0.4) is 0 Å². The Labute approximate surface area is 131 Å². The number of hydrogen-bond donors (Lipinski definition) is 0. The Morgan fingerprint density at radius 3 is 2.38 bits per heavy atom. The van der Waals surface area contributed by atoms with Gasteiger partial charge in [0.2, 0.25) is 0 Å². The molecule has 1 aliphatic carbocycles. The predicted octanol–water partition coefficient (Wildman–Crippen LogP) is 5.91. The molecular formula is C20H19Cl. The van der Waals surface area contributed by atoms with Crippen molar-refractivity contribution in [3.8, 4) is 0 Å². The Morgan fingerprint density at radius 2 is 1.67 bits per heavy atom. The number of benzene rings is 2. The zero-order valence-electron chi connectivity index (χ0n) is 12.3. The van der Waals surface area contributed by atoms with Crippen LogP contribution in [0.1, 0.15) is 29.5 Å². The third kappa shape index (κ3) is 3.28. The van der Waals surface area contributed by atoms with Gasteiger partial charge in [0.1, 0.15) is 0 Å². The first kappa shape index (κ1) is 14.2. The van der Waals surface area contributed by atoms with E-state index in [9.17, 15) is 0 Å². The highest BCUT2D eigenvalue weighted by atomic mass is 35.5. The van der Waals surface area contributed by atoms with E-state index in [1.165, 1.54) is 27.8 Å². The molecule has 1 heteroatoms. The average Bonchev–Trinajstić information content (AvgIpc) is 2.52. The highest BCUT2D eigenvalue weighted by Crippen LogP contribution is 2.36. The van der Waals surface area contributed by atoms with Crippen LogP contribution in [0, 0.1) is 6.92 Å².